The van der Waals surface area contributed by atoms with Crippen molar-refractivity contribution in [3.63, 3.8) is 0 Å². The molecule has 19 heavy (non-hydrogen) atoms. The van der Waals surface area contributed by atoms with Crippen molar-refractivity contribution in [1.29, 1.82) is 0 Å². The predicted octanol–water partition coefficient (Wildman–Crippen LogP) is 5.89. The summed E-state index contributed by atoms with van der Waals surface area (Å²) in [6.07, 6.45) is 1.17. The lowest BCUT2D eigenvalue weighted by Crippen LogP contribution is -2.17. The Hall–Kier alpha value is 3.50. The zero-order valence-electron chi connectivity index (χ0n) is 10.4. The SMILES string of the molecule is SCSCSCSCCC(SCS)(SCS)SCS. The predicted molar refractivity (Wildman–Crippen MR) is 123 cm³/mol. The number of thiol groups is 4. The van der Waals surface area contributed by atoms with Gasteiger partial charge in [0.15, 0.2) is 0 Å². The van der Waals surface area contributed by atoms with Crippen molar-refractivity contribution < 1.29 is 0 Å². The first-order valence-corrected chi connectivity index (χ1v) is 14.3. The molecule has 0 nitrogen and oxygen atoms in total. The lowest BCUT2D eigenvalue weighted by atomic mass is 10.5. The highest BCUT2D eigenvalue weighted by atomic mass is 32.3. The molecule has 116 valence electrons. The van der Waals surface area contributed by atoms with Gasteiger partial charge in [0.1, 0.15) is 3.41 Å². The van der Waals surface area contributed by atoms with Crippen molar-refractivity contribution in [3.05, 3.63) is 0 Å². The van der Waals surface area contributed by atoms with Crippen LogP contribution < -0.4 is 0 Å². The molecule has 0 bridgehead atoms. The second-order valence-corrected chi connectivity index (χ2v) is 14.3. The maximum absolute atomic E-state index is 4.37. The molecule has 10 heteroatoms. The van der Waals surface area contributed by atoms with E-state index in [1.807, 2.05) is 70.6 Å². The Morgan fingerprint density at radius 2 is 1.16 bits per heavy atom. The smallest absolute Gasteiger partial charge is 0.110 e. The summed E-state index contributed by atoms with van der Waals surface area (Å²) in [5, 5.41) is 5.76. The summed E-state index contributed by atoms with van der Waals surface area (Å²) >= 11 is 28.9. The van der Waals surface area contributed by atoms with Crippen LogP contribution in [0, 0.1) is 0 Å². The summed E-state index contributed by atoms with van der Waals surface area (Å²) in [6.45, 7) is 0. The Bertz CT molecular complexity index is 173. The minimum atomic E-state index is 0.169. The van der Waals surface area contributed by atoms with Gasteiger partial charge in [0, 0.05) is 30.5 Å². The van der Waals surface area contributed by atoms with Gasteiger partial charge in [-0.3, -0.25) is 0 Å². The number of rotatable bonds is 14. The van der Waals surface area contributed by atoms with Gasteiger partial charge < -0.3 is 0 Å². The maximum Gasteiger partial charge on any atom is 0.110 e. The summed E-state index contributed by atoms with van der Waals surface area (Å²) in [6, 6.07) is 0. The average molecular weight is 449 g/mol. The normalized spacial score (nSPS) is 12.0. The van der Waals surface area contributed by atoms with Crippen LogP contribution in [0.4, 0.5) is 0 Å². The van der Waals surface area contributed by atoms with Gasteiger partial charge in [0.05, 0.1) is 0 Å². The molecule has 0 radical (unpaired) electrons. The molecule has 0 heterocycles. The van der Waals surface area contributed by atoms with Crippen LogP contribution in [0.2, 0.25) is 0 Å². The van der Waals surface area contributed by atoms with Crippen LogP contribution in [0.25, 0.3) is 0 Å². The number of hydrogen-bond donors (Lipinski definition) is 4. The van der Waals surface area contributed by atoms with Crippen LogP contribution >= 0.6 is 121 Å². The first-order chi connectivity index (χ1) is 9.24. The van der Waals surface area contributed by atoms with Gasteiger partial charge in [0.25, 0.3) is 0 Å². The minimum Gasteiger partial charge on any atom is -0.168 e. The maximum atomic E-state index is 4.37. The molecule has 0 amide bonds. The Balaban J connectivity index is 3.89. The molecule has 0 fully saturated rings. The van der Waals surface area contributed by atoms with Crippen molar-refractivity contribution >= 4 is 121 Å². The van der Waals surface area contributed by atoms with E-state index in [-0.39, 0.29) is 3.41 Å². The van der Waals surface area contributed by atoms with Gasteiger partial charge >= 0.3 is 0 Å². The van der Waals surface area contributed by atoms with E-state index in [1.165, 1.54) is 17.3 Å². The molecule has 0 aliphatic carbocycles. The Morgan fingerprint density at radius 1 is 0.632 bits per heavy atom. The van der Waals surface area contributed by atoms with E-state index in [0.717, 1.165) is 25.4 Å². The highest BCUT2D eigenvalue weighted by molar-refractivity contribution is 8.38. The van der Waals surface area contributed by atoms with Gasteiger partial charge in [-0.15, -0.1) is 58.8 Å². The highest BCUT2D eigenvalue weighted by Crippen LogP contribution is 2.51. The van der Waals surface area contributed by atoms with E-state index in [1.54, 1.807) is 0 Å². The molecule has 0 atom stereocenters. The summed E-state index contributed by atoms with van der Waals surface area (Å²) in [4.78, 5) is 0. The molecule has 0 aromatic rings. The summed E-state index contributed by atoms with van der Waals surface area (Å²) in [7, 11) is 0. The van der Waals surface area contributed by atoms with Gasteiger partial charge in [0.2, 0.25) is 0 Å². The fourth-order valence-electron chi connectivity index (χ4n) is 1.08. The molecule has 0 N–H and O–H groups in total. The molecule has 0 aromatic carbocycles. The molecule has 0 aliphatic rings. The van der Waals surface area contributed by atoms with Crippen molar-refractivity contribution in [2.45, 2.75) is 9.83 Å². The van der Waals surface area contributed by atoms with Crippen molar-refractivity contribution in [2.75, 3.05) is 36.3 Å². The van der Waals surface area contributed by atoms with Gasteiger partial charge in [-0.2, -0.15) is 62.3 Å². The first kappa shape index (κ1) is 22.5. The van der Waals surface area contributed by atoms with Crippen molar-refractivity contribution in [2.24, 2.45) is 0 Å². The van der Waals surface area contributed by atoms with Crippen LogP contribution in [0.15, 0.2) is 0 Å². The number of thioether (sulfide) groups is 6. The molecule has 0 saturated heterocycles. The van der Waals surface area contributed by atoms with Crippen LogP contribution in [0.5, 0.6) is 0 Å². The molecule has 0 unspecified atom stereocenters. The van der Waals surface area contributed by atoms with Crippen LogP contribution in [0.3, 0.4) is 0 Å². The molecular formula is C9H20S10. The summed E-state index contributed by atoms with van der Waals surface area (Å²) < 4.78 is 0.169. The second kappa shape index (κ2) is 16.4. The van der Waals surface area contributed by atoms with Crippen LogP contribution in [0.1, 0.15) is 6.42 Å². The lowest BCUT2D eigenvalue weighted by Gasteiger charge is -2.30. The molecule has 0 rings (SSSR count). The number of hydrogen-bond acceptors (Lipinski definition) is 10. The van der Waals surface area contributed by atoms with E-state index in [9.17, 15) is 0 Å². The second-order valence-electron chi connectivity index (χ2n) is 2.93. The van der Waals surface area contributed by atoms with E-state index in [0.29, 0.717) is 0 Å². The van der Waals surface area contributed by atoms with Gasteiger partial charge in [-0.25, -0.2) is 0 Å². The Morgan fingerprint density at radius 3 is 1.63 bits per heavy atom. The summed E-state index contributed by atoms with van der Waals surface area (Å²) in [5.41, 5.74) is 0. The molecule has 0 spiro atoms. The van der Waals surface area contributed by atoms with Crippen molar-refractivity contribution in [1.82, 2.24) is 0 Å². The third-order valence-corrected chi connectivity index (χ3v) is 11.3. The van der Waals surface area contributed by atoms with Gasteiger partial charge in [-0.1, -0.05) is 0 Å². The highest BCUT2D eigenvalue weighted by Gasteiger charge is 2.30. The summed E-state index contributed by atoms with van der Waals surface area (Å²) in [5.74, 6) is 1.18. The van der Waals surface area contributed by atoms with E-state index in [4.69, 9.17) is 0 Å². The van der Waals surface area contributed by atoms with Crippen molar-refractivity contribution in [3.8, 4) is 0 Å². The average Bonchev–Trinajstić information content (AvgIpc) is 2.39. The lowest BCUT2D eigenvalue weighted by molar-refractivity contribution is 1.03. The van der Waals surface area contributed by atoms with Crippen LogP contribution in [-0.2, 0) is 0 Å². The molecule has 0 aliphatic heterocycles. The quantitative estimate of drug-likeness (QED) is 0.147. The van der Waals surface area contributed by atoms with E-state index < -0.39 is 0 Å². The topological polar surface area (TPSA) is 0 Å². The third-order valence-electron chi connectivity index (χ3n) is 1.83. The fourth-order valence-corrected chi connectivity index (χ4v) is 12.1. The fraction of sp³-hybridized carbons (Fsp3) is 1.00. The minimum absolute atomic E-state index is 0.169. The Labute approximate surface area is 165 Å². The van der Waals surface area contributed by atoms with E-state index in [2.05, 4.69) is 50.5 Å². The van der Waals surface area contributed by atoms with Crippen LogP contribution in [-0.4, -0.2) is 39.7 Å². The third kappa shape index (κ3) is 12.6. The first-order valence-electron chi connectivity index (χ1n) is 5.33. The largest absolute Gasteiger partial charge is 0.168 e. The molecular weight excluding hydrogens is 429 g/mol. The Kier molecular flexibility index (Phi) is 19.4. The monoisotopic (exact) mass is 448 g/mol. The standard InChI is InChI=1S/C9H20S10/c10-3-15-8-16-7-14-2-1-9(17-4-11,18-5-12)19-6-13/h10-13H,1-8H2. The zero-order valence-corrected chi connectivity index (χ0v) is 18.9. The van der Waals surface area contributed by atoms with Gasteiger partial charge in [-0.05, 0) is 12.2 Å². The molecule has 0 aromatic heterocycles. The van der Waals surface area contributed by atoms with E-state index >= 15 is 0 Å². The zero-order chi connectivity index (χ0) is 14.4. The molecule has 0 saturated carbocycles.